The number of halogens is 1. The number of anilines is 1. The second-order valence-electron chi connectivity index (χ2n) is 5.55. The van der Waals surface area contributed by atoms with Crippen LogP contribution in [0.3, 0.4) is 0 Å². The van der Waals surface area contributed by atoms with Gasteiger partial charge >= 0.3 is 5.97 Å². The number of aromatic nitrogens is 2. The van der Waals surface area contributed by atoms with Crippen molar-refractivity contribution >= 4 is 23.5 Å². The minimum Gasteiger partial charge on any atom is -0.476 e. The second kappa shape index (κ2) is 6.93. The summed E-state index contributed by atoms with van der Waals surface area (Å²) in [6.07, 6.45) is 2.28. The van der Waals surface area contributed by atoms with Crippen LogP contribution in [0, 0.1) is 0 Å². The van der Waals surface area contributed by atoms with E-state index in [1.165, 1.54) is 11.8 Å². The largest absolute Gasteiger partial charge is 0.476 e. The Morgan fingerprint density at radius 2 is 2.17 bits per heavy atom. The highest BCUT2D eigenvalue weighted by atomic mass is 35.5. The van der Waals surface area contributed by atoms with E-state index in [4.69, 9.17) is 16.7 Å². The van der Waals surface area contributed by atoms with Gasteiger partial charge in [-0.05, 0) is 12.0 Å². The molecule has 0 radical (unpaired) electrons. The molecule has 0 bridgehead atoms. The fourth-order valence-electron chi connectivity index (χ4n) is 2.70. The summed E-state index contributed by atoms with van der Waals surface area (Å²) in [5.41, 5.74) is 1.10. The molecule has 1 aromatic carbocycles. The first-order valence-corrected chi connectivity index (χ1v) is 7.78. The third-order valence-electron chi connectivity index (χ3n) is 3.80. The van der Waals surface area contributed by atoms with Gasteiger partial charge in [0.2, 0.25) is 5.95 Å². The number of hydrogen-bond donors (Lipinski definition) is 2. The number of benzene rings is 1. The lowest BCUT2D eigenvalue weighted by Gasteiger charge is -2.17. The Morgan fingerprint density at radius 3 is 2.91 bits per heavy atom. The third kappa shape index (κ3) is 3.97. The smallest absolute Gasteiger partial charge is 0.356 e. The van der Waals surface area contributed by atoms with E-state index in [9.17, 15) is 4.79 Å². The normalized spacial score (nSPS) is 18.0. The van der Waals surface area contributed by atoms with Crippen LogP contribution in [0.5, 0.6) is 0 Å². The van der Waals surface area contributed by atoms with Gasteiger partial charge < -0.3 is 10.4 Å². The SMILES string of the molecule is O=C(O)c1nc(NC2CCN(Cc3ccccc3)C2)ncc1Cl. The summed E-state index contributed by atoms with van der Waals surface area (Å²) in [7, 11) is 0. The molecular weight excluding hydrogens is 316 g/mol. The van der Waals surface area contributed by atoms with Crippen molar-refractivity contribution in [1.29, 1.82) is 0 Å². The predicted octanol–water partition coefficient (Wildman–Crippen LogP) is 2.51. The molecule has 2 heterocycles. The summed E-state index contributed by atoms with van der Waals surface area (Å²) in [6.45, 7) is 2.75. The van der Waals surface area contributed by atoms with Crippen LogP contribution in [-0.2, 0) is 6.54 Å². The average molecular weight is 333 g/mol. The molecule has 0 saturated carbocycles. The number of likely N-dealkylation sites (tertiary alicyclic amines) is 1. The fraction of sp³-hybridized carbons (Fsp3) is 0.312. The summed E-state index contributed by atoms with van der Waals surface area (Å²) < 4.78 is 0. The molecule has 1 fully saturated rings. The maximum absolute atomic E-state index is 11.1. The minimum atomic E-state index is -1.16. The van der Waals surface area contributed by atoms with Crippen molar-refractivity contribution in [2.24, 2.45) is 0 Å². The highest BCUT2D eigenvalue weighted by Gasteiger charge is 2.23. The zero-order chi connectivity index (χ0) is 16.2. The van der Waals surface area contributed by atoms with Gasteiger partial charge in [-0.15, -0.1) is 0 Å². The Hall–Kier alpha value is -2.18. The van der Waals surface area contributed by atoms with Gasteiger partial charge in [-0.2, -0.15) is 0 Å². The Balaban J connectivity index is 1.60. The third-order valence-corrected chi connectivity index (χ3v) is 4.08. The van der Waals surface area contributed by atoms with Crippen LogP contribution in [0.25, 0.3) is 0 Å². The zero-order valence-electron chi connectivity index (χ0n) is 12.4. The zero-order valence-corrected chi connectivity index (χ0v) is 13.2. The second-order valence-corrected chi connectivity index (χ2v) is 5.95. The highest BCUT2D eigenvalue weighted by molar-refractivity contribution is 6.33. The van der Waals surface area contributed by atoms with Gasteiger partial charge in [0.05, 0.1) is 11.2 Å². The van der Waals surface area contributed by atoms with Crippen molar-refractivity contribution in [1.82, 2.24) is 14.9 Å². The first kappa shape index (κ1) is 15.7. The molecule has 0 spiro atoms. The first-order chi connectivity index (χ1) is 11.1. The number of aromatic carboxylic acids is 1. The predicted molar refractivity (Wildman–Crippen MR) is 87.7 cm³/mol. The molecule has 3 rings (SSSR count). The van der Waals surface area contributed by atoms with Crippen molar-refractivity contribution in [2.45, 2.75) is 19.0 Å². The summed E-state index contributed by atoms with van der Waals surface area (Å²) in [4.78, 5) is 21.4. The van der Waals surface area contributed by atoms with E-state index >= 15 is 0 Å². The summed E-state index contributed by atoms with van der Waals surface area (Å²) in [5, 5.41) is 12.3. The topological polar surface area (TPSA) is 78.3 Å². The molecule has 7 heteroatoms. The lowest BCUT2D eigenvalue weighted by Crippen LogP contribution is -2.27. The van der Waals surface area contributed by atoms with E-state index in [-0.39, 0.29) is 16.8 Å². The Morgan fingerprint density at radius 1 is 1.39 bits per heavy atom. The highest BCUT2D eigenvalue weighted by Crippen LogP contribution is 2.18. The van der Waals surface area contributed by atoms with Crippen molar-refractivity contribution in [3.63, 3.8) is 0 Å². The number of carbonyl (C=O) groups is 1. The van der Waals surface area contributed by atoms with Crippen LogP contribution in [-0.4, -0.2) is 45.1 Å². The summed E-state index contributed by atoms with van der Waals surface area (Å²) >= 11 is 5.78. The minimum absolute atomic E-state index is 0.0418. The molecule has 6 nitrogen and oxygen atoms in total. The molecule has 120 valence electrons. The van der Waals surface area contributed by atoms with Crippen LogP contribution < -0.4 is 5.32 Å². The van der Waals surface area contributed by atoms with Crippen LogP contribution in [0.1, 0.15) is 22.5 Å². The fourth-order valence-corrected chi connectivity index (χ4v) is 2.88. The van der Waals surface area contributed by atoms with Crippen molar-refractivity contribution in [3.8, 4) is 0 Å². The standard InChI is InChI=1S/C16H17ClN4O2/c17-13-8-18-16(20-14(13)15(22)23)19-12-6-7-21(10-12)9-11-4-2-1-3-5-11/h1-5,8,12H,6-7,9-10H2,(H,22,23)(H,18,19,20). The van der Waals surface area contributed by atoms with Crippen LogP contribution in [0.2, 0.25) is 5.02 Å². The average Bonchev–Trinajstić information content (AvgIpc) is 2.97. The summed E-state index contributed by atoms with van der Waals surface area (Å²) in [5.74, 6) is -0.851. The Bertz CT molecular complexity index is 696. The van der Waals surface area contributed by atoms with Gasteiger partial charge in [0.25, 0.3) is 0 Å². The van der Waals surface area contributed by atoms with Gasteiger partial charge in [-0.3, -0.25) is 4.90 Å². The molecule has 1 aromatic heterocycles. The van der Waals surface area contributed by atoms with Crippen molar-refractivity contribution in [3.05, 3.63) is 52.8 Å². The molecular formula is C16H17ClN4O2. The van der Waals surface area contributed by atoms with Gasteiger partial charge in [0.15, 0.2) is 5.69 Å². The lowest BCUT2D eigenvalue weighted by atomic mass is 10.2. The van der Waals surface area contributed by atoms with Gasteiger partial charge in [-0.1, -0.05) is 41.9 Å². The number of carboxylic acids is 1. The number of carboxylic acid groups (broad SMARTS) is 1. The quantitative estimate of drug-likeness (QED) is 0.876. The number of nitrogens with one attached hydrogen (secondary N) is 1. The van der Waals surface area contributed by atoms with Crippen LogP contribution >= 0.6 is 11.6 Å². The molecule has 2 N–H and O–H groups in total. The molecule has 1 aliphatic rings. The van der Waals surface area contributed by atoms with E-state index in [1.54, 1.807) is 0 Å². The van der Waals surface area contributed by atoms with E-state index in [0.29, 0.717) is 5.95 Å². The van der Waals surface area contributed by atoms with Gasteiger partial charge in [-0.25, -0.2) is 14.8 Å². The van der Waals surface area contributed by atoms with E-state index in [1.807, 2.05) is 18.2 Å². The molecule has 0 amide bonds. The molecule has 1 atom stereocenters. The maximum atomic E-state index is 11.1. The molecule has 23 heavy (non-hydrogen) atoms. The van der Waals surface area contributed by atoms with Crippen LogP contribution in [0.15, 0.2) is 36.5 Å². The number of rotatable bonds is 5. The Labute approximate surface area is 139 Å². The Kier molecular flexibility index (Phi) is 4.73. The molecule has 0 aliphatic carbocycles. The van der Waals surface area contributed by atoms with E-state index in [0.717, 1.165) is 26.1 Å². The van der Waals surface area contributed by atoms with Crippen LogP contribution in [0.4, 0.5) is 5.95 Å². The van der Waals surface area contributed by atoms with Crippen molar-refractivity contribution < 1.29 is 9.90 Å². The van der Waals surface area contributed by atoms with E-state index in [2.05, 4.69) is 32.3 Å². The first-order valence-electron chi connectivity index (χ1n) is 7.40. The number of hydrogen-bond acceptors (Lipinski definition) is 5. The monoisotopic (exact) mass is 332 g/mol. The van der Waals surface area contributed by atoms with Gasteiger partial charge in [0, 0.05) is 25.7 Å². The van der Waals surface area contributed by atoms with E-state index < -0.39 is 5.97 Å². The van der Waals surface area contributed by atoms with Gasteiger partial charge in [0.1, 0.15) is 0 Å². The molecule has 1 aliphatic heterocycles. The molecule has 1 saturated heterocycles. The number of nitrogens with zero attached hydrogens (tertiary/aromatic N) is 3. The van der Waals surface area contributed by atoms with Crippen molar-refractivity contribution in [2.75, 3.05) is 18.4 Å². The maximum Gasteiger partial charge on any atom is 0.356 e. The summed E-state index contributed by atoms with van der Waals surface area (Å²) in [6, 6.07) is 10.5. The lowest BCUT2D eigenvalue weighted by molar-refractivity contribution is 0.0690. The molecule has 1 unspecified atom stereocenters. The molecule has 2 aromatic rings.